The third-order valence-electron chi connectivity index (χ3n) is 6.19. The number of aliphatic carboxylic acids is 1. The van der Waals surface area contributed by atoms with Crippen molar-refractivity contribution in [1.29, 1.82) is 0 Å². The van der Waals surface area contributed by atoms with Gasteiger partial charge in [-0.3, -0.25) is 9.59 Å². The molecule has 4 aliphatic carbocycles. The first-order valence-electron chi connectivity index (χ1n) is 9.18. The molecule has 3 N–H and O–H groups in total. The van der Waals surface area contributed by atoms with Crippen molar-refractivity contribution in [2.45, 2.75) is 51.0 Å². The normalized spacial score (nSPS) is 33.7. The third-order valence-corrected chi connectivity index (χ3v) is 6.19. The van der Waals surface area contributed by atoms with E-state index in [-0.39, 0.29) is 24.4 Å². The maximum atomic E-state index is 12.3. The summed E-state index contributed by atoms with van der Waals surface area (Å²) in [5, 5.41) is 14.0. The topological polar surface area (TPSA) is 105 Å². The zero-order valence-corrected chi connectivity index (χ0v) is 14.8. The smallest absolute Gasteiger partial charge is 0.334 e. The summed E-state index contributed by atoms with van der Waals surface area (Å²) >= 11 is 0. The highest BCUT2D eigenvalue weighted by Crippen LogP contribution is 2.61. The van der Waals surface area contributed by atoms with Crippen LogP contribution < -0.4 is 10.6 Å². The summed E-state index contributed by atoms with van der Waals surface area (Å²) in [4.78, 5) is 34.9. The Bertz CT molecular complexity index is 512. The highest BCUT2D eigenvalue weighted by molar-refractivity contribution is 5.85. The minimum Gasteiger partial charge on any atom is -0.479 e. The summed E-state index contributed by atoms with van der Waals surface area (Å²) in [7, 11) is 1.28. The van der Waals surface area contributed by atoms with Crippen molar-refractivity contribution >= 4 is 17.8 Å². The van der Waals surface area contributed by atoms with Crippen LogP contribution in [0.5, 0.6) is 0 Å². The fourth-order valence-corrected chi connectivity index (χ4v) is 5.63. The number of hydrogen-bond acceptors (Lipinski definition) is 4. The molecule has 1 unspecified atom stereocenters. The second-order valence-electron chi connectivity index (χ2n) is 8.24. The average molecular weight is 352 g/mol. The number of carbonyl (C=O) groups is 3. The van der Waals surface area contributed by atoms with Crippen LogP contribution in [0.15, 0.2) is 0 Å². The van der Waals surface area contributed by atoms with E-state index in [0.717, 1.165) is 37.0 Å². The maximum absolute atomic E-state index is 12.3. The molecule has 0 aromatic carbocycles. The van der Waals surface area contributed by atoms with Gasteiger partial charge in [-0.2, -0.15) is 0 Å². The van der Waals surface area contributed by atoms with Crippen LogP contribution in [0.4, 0.5) is 0 Å². The molecular weight excluding hydrogens is 324 g/mol. The molecule has 1 atom stereocenters. The maximum Gasteiger partial charge on any atom is 0.334 e. The van der Waals surface area contributed by atoms with E-state index in [1.54, 1.807) is 0 Å². The standard InChI is InChI=1S/C18H28N2O5/c1-25-14(17(23)24)9-19-16(22)10-20-15(21)8-18-5-11-2-12(6-18)4-13(3-11)7-18/h11-14H,2-10H2,1H3,(H,19,22)(H,20,21)(H,23,24). The van der Waals surface area contributed by atoms with Gasteiger partial charge in [0.05, 0.1) is 13.1 Å². The first-order chi connectivity index (χ1) is 11.9. The van der Waals surface area contributed by atoms with Crippen LogP contribution >= 0.6 is 0 Å². The van der Waals surface area contributed by atoms with E-state index < -0.39 is 18.0 Å². The quantitative estimate of drug-likeness (QED) is 0.603. The molecule has 4 saturated carbocycles. The van der Waals surface area contributed by atoms with Gasteiger partial charge in [0, 0.05) is 13.5 Å². The zero-order valence-electron chi connectivity index (χ0n) is 14.8. The molecule has 0 aliphatic heterocycles. The number of nitrogens with one attached hydrogen (secondary N) is 2. The van der Waals surface area contributed by atoms with Gasteiger partial charge >= 0.3 is 5.97 Å². The molecule has 4 bridgehead atoms. The van der Waals surface area contributed by atoms with Gasteiger partial charge in [-0.15, -0.1) is 0 Å². The lowest BCUT2D eigenvalue weighted by Gasteiger charge is -2.56. The second kappa shape index (κ2) is 7.32. The number of carboxylic acid groups (broad SMARTS) is 1. The van der Waals surface area contributed by atoms with E-state index in [0.29, 0.717) is 6.42 Å². The number of amides is 2. The van der Waals surface area contributed by atoms with Crippen molar-refractivity contribution in [3.63, 3.8) is 0 Å². The summed E-state index contributed by atoms with van der Waals surface area (Å²) in [5.41, 5.74) is 0.153. The number of hydrogen-bond donors (Lipinski definition) is 3. The number of ether oxygens (including phenoxy) is 1. The first kappa shape index (κ1) is 18.2. The second-order valence-corrected chi connectivity index (χ2v) is 8.24. The molecule has 7 heteroatoms. The van der Waals surface area contributed by atoms with E-state index >= 15 is 0 Å². The summed E-state index contributed by atoms with van der Waals surface area (Å²) in [6.45, 7) is -0.239. The minimum absolute atomic E-state index is 0.0707. The molecule has 0 aromatic heterocycles. The molecule has 140 valence electrons. The van der Waals surface area contributed by atoms with Gasteiger partial charge in [-0.05, 0) is 61.7 Å². The van der Waals surface area contributed by atoms with Crippen LogP contribution in [0.2, 0.25) is 0 Å². The lowest BCUT2D eigenvalue weighted by Crippen LogP contribution is -2.48. The fraction of sp³-hybridized carbons (Fsp3) is 0.833. The van der Waals surface area contributed by atoms with Gasteiger partial charge < -0.3 is 20.5 Å². The van der Waals surface area contributed by atoms with Gasteiger partial charge in [-0.1, -0.05) is 0 Å². The van der Waals surface area contributed by atoms with Gasteiger partial charge in [-0.25, -0.2) is 4.79 Å². The van der Waals surface area contributed by atoms with E-state index in [4.69, 9.17) is 9.84 Å². The third kappa shape index (κ3) is 4.32. The van der Waals surface area contributed by atoms with Crippen LogP contribution in [0, 0.1) is 23.2 Å². The van der Waals surface area contributed by atoms with E-state index in [9.17, 15) is 14.4 Å². The predicted octanol–water partition coefficient (Wildman–Crippen LogP) is 0.925. The molecule has 0 spiro atoms. The van der Waals surface area contributed by atoms with Gasteiger partial charge in [0.15, 0.2) is 6.10 Å². The van der Waals surface area contributed by atoms with E-state index in [1.807, 2.05) is 0 Å². The Balaban J connectivity index is 1.41. The summed E-state index contributed by atoms with van der Waals surface area (Å²) in [6, 6.07) is 0. The SMILES string of the molecule is COC(CNC(=O)CNC(=O)CC12CC3CC(CC(C3)C1)C2)C(=O)O. The Morgan fingerprint density at radius 3 is 2.08 bits per heavy atom. The van der Waals surface area contributed by atoms with Crippen molar-refractivity contribution in [2.75, 3.05) is 20.2 Å². The molecule has 4 rings (SSSR count). The molecule has 4 fully saturated rings. The van der Waals surface area contributed by atoms with Crippen LogP contribution in [0.25, 0.3) is 0 Å². The number of carbonyl (C=O) groups excluding carboxylic acids is 2. The average Bonchev–Trinajstić information content (AvgIpc) is 2.51. The molecule has 0 heterocycles. The van der Waals surface area contributed by atoms with Crippen molar-refractivity contribution in [2.24, 2.45) is 23.2 Å². The predicted molar refractivity (Wildman–Crippen MR) is 89.7 cm³/mol. The molecule has 0 radical (unpaired) electrons. The number of rotatable bonds is 8. The zero-order chi connectivity index (χ0) is 18.0. The summed E-state index contributed by atoms with van der Waals surface area (Å²) < 4.78 is 4.75. The number of carboxylic acids is 1. The lowest BCUT2D eigenvalue weighted by atomic mass is 9.49. The molecule has 2 amide bonds. The molecule has 0 aromatic rings. The monoisotopic (exact) mass is 352 g/mol. The Kier molecular flexibility index (Phi) is 5.32. The Morgan fingerprint density at radius 1 is 1.04 bits per heavy atom. The van der Waals surface area contributed by atoms with Crippen molar-refractivity contribution < 1.29 is 24.2 Å². The van der Waals surface area contributed by atoms with Crippen LogP contribution in [-0.2, 0) is 19.1 Å². The Hall–Kier alpha value is -1.63. The van der Waals surface area contributed by atoms with Crippen molar-refractivity contribution in [3.05, 3.63) is 0 Å². The molecule has 4 aliphatic rings. The van der Waals surface area contributed by atoms with Crippen LogP contribution in [0.1, 0.15) is 44.9 Å². The highest BCUT2D eigenvalue weighted by Gasteiger charge is 2.51. The number of methoxy groups -OCH3 is 1. The fourth-order valence-electron chi connectivity index (χ4n) is 5.63. The van der Waals surface area contributed by atoms with Crippen molar-refractivity contribution in [1.82, 2.24) is 10.6 Å². The summed E-state index contributed by atoms with van der Waals surface area (Å²) in [5.74, 6) is 0.785. The van der Waals surface area contributed by atoms with E-state index in [1.165, 1.54) is 26.4 Å². The van der Waals surface area contributed by atoms with Gasteiger partial charge in [0.2, 0.25) is 11.8 Å². The lowest BCUT2D eigenvalue weighted by molar-refractivity contribution is -0.148. The first-order valence-corrected chi connectivity index (χ1v) is 9.18. The molecular formula is C18H28N2O5. The van der Waals surface area contributed by atoms with Gasteiger partial charge in [0.25, 0.3) is 0 Å². The van der Waals surface area contributed by atoms with Gasteiger partial charge in [0.1, 0.15) is 0 Å². The summed E-state index contributed by atoms with van der Waals surface area (Å²) in [6.07, 6.45) is 6.94. The Labute approximate surface area is 147 Å². The van der Waals surface area contributed by atoms with Crippen LogP contribution in [0.3, 0.4) is 0 Å². The highest BCUT2D eigenvalue weighted by atomic mass is 16.5. The molecule has 7 nitrogen and oxygen atoms in total. The largest absolute Gasteiger partial charge is 0.479 e. The minimum atomic E-state index is -1.13. The molecule has 0 saturated heterocycles. The molecule has 25 heavy (non-hydrogen) atoms. The Morgan fingerprint density at radius 2 is 1.60 bits per heavy atom. The van der Waals surface area contributed by atoms with Crippen LogP contribution in [-0.4, -0.2) is 49.2 Å². The van der Waals surface area contributed by atoms with Crippen molar-refractivity contribution in [3.8, 4) is 0 Å². The van der Waals surface area contributed by atoms with E-state index in [2.05, 4.69) is 10.6 Å².